The minimum Gasteiger partial charge on any atom is -0.340 e. The van der Waals surface area contributed by atoms with Gasteiger partial charge in [0.2, 0.25) is 0 Å². The molecule has 0 unspecified atom stereocenters. The number of hydrogen-bond acceptors (Lipinski definition) is 2. The van der Waals surface area contributed by atoms with Crippen LogP contribution in [0.5, 0.6) is 0 Å². The molecule has 2 heterocycles. The molecule has 0 spiro atoms. The summed E-state index contributed by atoms with van der Waals surface area (Å²) in [7, 11) is 0. The maximum Gasteiger partial charge on any atom is 0.329 e. The number of hydrogen-bond donors (Lipinski definition) is 1. The van der Waals surface area contributed by atoms with Crippen LogP contribution in [-0.2, 0) is 17.9 Å². The van der Waals surface area contributed by atoms with E-state index in [1.54, 1.807) is 36.4 Å². The predicted molar refractivity (Wildman–Crippen MR) is 126 cm³/mol. The Kier molecular flexibility index (Phi) is 5.45. The fourth-order valence-electron chi connectivity index (χ4n) is 4.30. The van der Waals surface area contributed by atoms with Crippen LogP contribution in [0.1, 0.15) is 22.4 Å². The number of halogens is 2. The highest BCUT2D eigenvalue weighted by Gasteiger charge is 2.34. The summed E-state index contributed by atoms with van der Waals surface area (Å²) in [6.07, 6.45) is 1.64. The monoisotopic (exact) mass is 457 g/mol. The van der Waals surface area contributed by atoms with Gasteiger partial charge >= 0.3 is 6.03 Å². The largest absolute Gasteiger partial charge is 0.340 e. The SMILES string of the molecule is Cc1c(/C=C2/NC(=O)N(Cc3ccccc3F)C2=O)c2ccccc2n1Cc1ccccc1F. The van der Waals surface area contributed by atoms with Crippen LogP contribution in [0.15, 0.2) is 78.5 Å². The van der Waals surface area contributed by atoms with Gasteiger partial charge in [-0.1, -0.05) is 54.6 Å². The number of nitrogens with zero attached hydrogens (tertiary/aromatic N) is 2. The number of imide groups is 1. The molecule has 1 saturated heterocycles. The van der Waals surface area contributed by atoms with Crippen molar-refractivity contribution >= 4 is 28.9 Å². The second kappa shape index (κ2) is 8.59. The van der Waals surface area contributed by atoms with Crippen molar-refractivity contribution in [2.24, 2.45) is 0 Å². The van der Waals surface area contributed by atoms with Gasteiger partial charge in [-0.3, -0.25) is 9.69 Å². The summed E-state index contributed by atoms with van der Waals surface area (Å²) in [5.41, 5.74) is 3.37. The first kappa shape index (κ1) is 21.6. The van der Waals surface area contributed by atoms with E-state index < -0.39 is 17.8 Å². The summed E-state index contributed by atoms with van der Waals surface area (Å²) in [4.78, 5) is 26.5. The molecule has 0 saturated carbocycles. The third-order valence-electron chi connectivity index (χ3n) is 6.10. The van der Waals surface area contributed by atoms with Crippen molar-refractivity contribution in [3.63, 3.8) is 0 Å². The third kappa shape index (κ3) is 3.75. The second-order valence-electron chi connectivity index (χ2n) is 8.16. The van der Waals surface area contributed by atoms with Crippen LogP contribution in [0.25, 0.3) is 17.0 Å². The van der Waals surface area contributed by atoms with Gasteiger partial charge < -0.3 is 9.88 Å². The van der Waals surface area contributed by atoms with E-state index in [1.807, 2.05) is 35.8 Å². The Morgan fingerprint density at radius 3 is 2.09 bits per heavy atom. The highest BCUT2D eigenvalue weighted by molar-refractivity contribution is 6.14. The zero-order chi connectivity index (χ0) is 23.8. The molecule has 3 aromatic carbocycles. The minimum absolute atomic E-state index is 0.109. The van der Waals surface area contributed by atoms with Gasteiger partial charge in [0.1, 0.15) is 17.3 Å². The molecule has 1 aliphatic rings. The smallest absolute Gasteiger partial charge is 0.329 e. The van der Waals surface area contributed by atoms with Crippen molar-refractivity contribution in [1.29, 1.82) is 0 Å². The van der Waals surface area contributed by atoms with Gasteiger partial charge in [-0.2, -0.15) is 0 Å². The van der Waals surface area contributed by atoms with Gasteiger partial charge in [-0.15, -0.1) is 0 Å². The van der Waals surface area contributed by atoms with Crippen molar-refractivity contribution in [2.45, 2.75) is 20.0 Å². The number of urea groups is 1. The zero-order valence-electron chi connectivity index (χ0n) is 18.4. The lowest BCUT2D eigenvalue weighted by Gasteiger charge is -2.12. The van der Waals surface area contributed by atoms with Gasteiger partial charge in [-0.25, -0.2) is 13.6 Å². The molecule has 1 aliphatic heterocycles. The van der Waals surface area contributed by atoms with E-state index in [2.05, 4.69) is 5.32 Å². The van der Waals surface area contributed by atoms with Gasteiger partial charge in [0.25, 0.3) is 5.91 Å². The summed E-state index contributed by atoms with van der Waals surface area (Å²) in [5, 5.41) is 3.48. The van der Waals surface area contributed by atoms with E-state index in [-0.39, 0.29) is 23.6 Å². The van der Waals surface area contributed by atoms with E-state index in [4.69, 9.17) is 0 Å². The molecule has 34 heavy (non-hydrogen) atoms. The number of nitrogens with one attached hydrogen (secondary N) is 1. The first-order valence-electron chi connectivity index (χ1n) is 10.8. The predicted octanol–water partition coefficient (Wildman–Crippen LogP) is 5.37. The number of fused-ring (bicyclic) bond motifs is 1. The summed E-state index contributed by atoms with van der Waals surface area (Å²) < 4.78 is 30.4. The van der Waals surface area contributed by atoms with Crippen LogP contribution in [0.4, 0.5) is 13.6 Å². The van der Waals surface area contributed by atoms with Crippen LogP contribution in [0, 0.1) is 18.6 Å². The van der Waals surface area contributed by atoms with Crippen molar-refractivity contribution in [3.8, 4) is 0 Å². The van der Waals surface area contributed by atoms with Gasteiger partial charge in [0.15, 0.2) is 0 Å². The van der Waals surface area contributed by atoms with Crippen LogP contribution in [-0.4, -0.2) is 21.4 Å². The second-order valence-corrected chi connectivity index (χ2v) is 8.16. The number of para-hydroxylation sites is 1. The average Bonchev–Trinajstić information content (AvgIpc) is 3.25. The topological polar surface area (TPSA) is 54.3 Å². The number of aromatic nitrogens is 1. The van der Waals surface area contributed by atoms with E-state index in [9.17, 15) is 18.4 Å². The lowest BCUT2D eigenvalue weighted by Crippen LogP contribution is -2.30. The molecule has 1 N–H and O–H groups in total. The zero-order valence-corrected chi connectivity index (χ0v) is 18.4. The van der Waals surface area contributed by atoms with Crippen LogP contribution < -0.4 is 5.32 Å². The van der Waals surface area contributed by atoms with Crippen molar-refractivity contribution < 1.29 is 18.4 Å². The maximum atomic E-state index is 14.3. The molecule has 5 nitrogen and oxygen atoms in total. The molecule has 1 fully saturated rings. The molecule has 4 aromatic rings. The molecular weight excluding hydrogens is 436 g/mol. The molecule has 5 rings (SSSR count). The molecular formula is C27H21F2N3O2. The van der Waals surface area contributed by atoms with E-state index >= 15 is 0 Å². The van der Waals surface area contributed by atoms with Crippen molar-refractivity contribution in [2.75, 3.05) is 0 Å². The molecule has 3 amide bonds. The van der Waals surface area contributed by atoms with Crippen molar-refractivity contribution in [3.05, 3.63) is 113 Å². The van der Waals surface area contributed by atoms with E-state index in [0.717, 1.165) is 27.1 Å². The molecule has 0 bridgehead atoms. The minimum atomic E-state index is -0.604. The van der Waals surface area contributed by atoms with Crippen LogP contribution >= 0.6 is 0 Å². The van der Waals surface area contributed by atoms with Crippen LogP contribution in [0.3, 0.4) is 0 Å². The molecule has 0 aliphatic carbocycles. The van der Waals surface area contributed by atoms with Crippen molar-refractivity contribution in [1.82, 2.24) is 14.8 Å². The average molecular weight is 457 g/mol. The molecule has 170 valence electrons. The number of benzene rings is 3. The molecule has 1 aromatic heterocycles. The van der Waals surface area contributed by atoms with Gasteiger partial charge in [0.05, 0.1) is 13.1 Å². The normalized spacial score (nSPS) is 14.9. The Morgan fingerprint density at radius 1 is 0.824 bits per heavy atom. The molecule has 7 heteroatoms. The maximum absolute atomic E-state index is 14.3. The highest BCUT2D eigenvalue weighted by Crippen LogP contribution is 2.30. The Labute approximate surface area is 194 Å². The first-order chi connectivity index (χ1) is 16.4. The first-order valence-corrected chi connectivity index (χ1v) is 10.8. The lowest BCUT2D eigenvalue weighted by molar-refractivity contribution is -0.123. The van der Waals surface area contributed by atoms with E-state index in [1.165, 1.54) is 18.2 Å². The van der Waals surface area contributed by atoms with E-state index in [0.29, 0.717) is 12.1 Å². The third-order valence-corrected chi connectivity index (χ3v) is 6.10. The summed E-state index contributed by atoms with van der Waals surface area (Å²) in [6.45, 7) is 2.05. The Balaban J connectivity index is 1.53. The molecule has 0 radical (unpaired) electrons. The van der Waals surface area contributed by atoms with Gasteiger partial charge in [-0.05, 0) is 31.2 Å². The fraction of sp³-hybridized carbons (Fsp3) is 0.111. The number of carbonyl (C=O) groups excluding carboxylic acids is 2. The van der Waals surface area contributed by atoms with Gasteiger partial charge in [0, 0.05) is 33.3 Å². The van der Waals surface area contributed by atoms with Crippen LogP contribution in [0.2, 0.25) is 0 Å². The molecule has 0 atom stereocenters. The summed E-state index contributed by atoms with van der Waals surface area (Å²) in [6, 6.07) is 19.7. The Bertz CT molecular complexity index is 1470. The Morgan fingerprint density at radius 2 is 1.41 bits per heavy atom. The standard InChI is InChI=1S/C27H21F2N3O2/c1-17-21(14-24-26(33)32(27(34)30-24)16-19-9-3-6-12-23(19)29)20-10-4-7-13-25(20)31(17)15-18-8-2-5-11-22(18)28/h2-14H,15-16H2,1H3,(H,30,34)/b24-14+. The summed E-state index contributed by atoms with van der Waals surface area (Å²) in [5.74, 6) is -1.30. The quantitative estimate of drug-likeness (QED) is 0.324. The fourth-order valence-corrected chi connectivity index (χ4v) is 4.30. The summed E-state index contributed by atoms with van der Waals surface area (Å²) >= 11 is 0. The highest BCUT2D eigenvalue weighted by atomic mass is 19.1. The number of amides is 3. The number of carbonyl (C=O) groups is 2. The number of rotatable bonds is 5. The lowest BCUT2D eigenvalue weighted by atomic mass is 10.1. The Hall–Kier alpha value is -4.26.